The molecule has 9 rings (SSSR count). The summed E-state index contributed by atoms with van der Waals surface area (Å²) in [5, 5.41) is 1.91. The molecule has 2 aliphatic heterocycles. The van der Waals surface area contributed by atoms with E-state index in [1.54, 1.807) is 6.20 Å². The van der Waals surface area contributed by atoms with Crippen LogP contribution in [0.25, 0.3) is 21.9 Å². The van der Waals surface area contributed by atoms with Crippen LogP contribution >= 0.6 is 0 Å². The fraction of sp³-hybridized carbons (Fsp3) is 0.0769. The van der Waals surface area contributed by atoms with Crippen molar-refractivity contribution in [1.29, 1.82) is 0 Å². The second-order valence-electron chi connectivity index (χ2n) is 11.4. The molecule has 3 aliphatic rings. The minimum Gasteiger partial charge on any atom is -0.542 e. The van der Waals surface area contributed by atoms with Gasteiger partial charge >= 0.3 is 0 Å². The second kappa shape index (κ2) is 11.8. The zero-order valence-electron chi connectivity index (χ0n) is 25.2. The normalized spacial score (nSPS) is 17.5. The molecule has 0 saturated heterocycles. The quantitative estimate of drug-likeness (QED) is 0.156. The van der Waals surface area contributed by atoms with Crippen molar-refractivity contribution in [3.8, 4) is 17.2 Å². The maximum absolute atomic E-state index is 6.68. The van der Waals surface area contributed by atoms with Crippen LogP contribution in [0.3, 0.4) is 0 Å². The number of nitrogens with zero attached hydrogens (tertiary/aromatic N) is 4. The zero-order chi connectivity index (χ0) is 30.6. The Balaban J connectivity index is 0.00000324. The van der Waals surface area contributed by atoms with Gasteiger partial charge in [-0.05, 0) is 61.2 Å². The summed E-state index contributed by atoms with van der Waals surface area (Å²) in [6, 6.07) is 35.1. The fourth-order valence-electron chi connectivity index (χ4n) is 6.38. The number of benzene rings is 4. The largest absolute Gasteiger partial charge is 0.542 e. The Labute approximate surface area is 286 Å². The van der Waals surface area contributed by atoms with E-state index in [-0.39, 0.29) is 33.1 Å². The fourth-order valence-corrected chi connectivity index (χ4v) is 6.38. The van der Waals surface area contributed by atoms with Crippen molar-refractivity contribution in [1.82, 2.24) is 9.88 Å². The van der Waals surface area contributed by atoms with Crippen LogP contribution in [0.4, 0.5) is 22.9 Å². The number of rotatable bonds is 6. The third-order valence-electron chi connectivity index (χ3n) is 8.43. The molecule has 1 aliphatic carbocycles. The number of fused-ring (bicyclic) bond motifs is 6. The van der Waals surface area contributed by atoms with Crippen molar-refractivity contribution >= 4 is 44.8 Å². The molecule has 7 nitrogen and oxygen atoms in total. The molecular formula is C39H27N4O3Pt-3. The van der Waals surface area contributed by atoms with Gasteiger partial charge in [0.1, 0.15) is 17.5 Å². The van der Waals surface area contributed by atoms with Gasteiger partial charge in [0, 0.05) is 61.7 Å². The van der Waals surface area contributed by atoms with Crippen LogP contribution in [0.5, 0.6) is 17.2 Å². The van der Waals surface area contributed by atoms with E-state index in [0.717, 1.165) is 50.5 Å². The summed E-state index contributed by atoms with van der Waals surface area (Å²) in [6.07, 6.45) is 14.1. The van der Waals surface area contributed by atoms with Gasteiger partial charge < -0.3 is 28.6 Å². The van der Waals surface area contributed by atoms with Crippen molar-refractivity contribution in [3.05, 3.63) is 152 Å². The first kappa shape index (κ1) is 29.2. The van der Waals surface area contributed by atoms with E-state index in [0.29, 0.717) is 17.1 Å². The Morgan fingerprint density at radius 3 is 2.51 bits per heavy atom. The van der Waals surface area contributed by atoms with E-state index in [1.807, 2.05) is 109 Å². The first-order valence-corrected chi connectivity index (χ1v) is 15.2. The van der Waals surface area contributed by atoms with Crippen LogP contribution in [0.15, 0.2) is 132 Å². The summed E-state index contributed by atoms with van der Waals surface area (Å²) in [5.41, 5.74) is 5.01. The maximum atomic E-state index is 6.68. The number of aromatic nitrogens is 1. The number of allylic oxidation sites excluding steroid dienone is 2. The van der Waals surface area contributed by atoms with Gasteiger partial charge in [0.15, 0.2) is 0 Å². The van der Waals surface area contributed by atoms with Gasteiger partial charge in [-0.1, -0.05) is 83.5 Å². The van der Waals surface area contributed by atoms with E-state index < -0.39 is 0 Å². The SMILES string of the molecule is CN1C=CN(c2[c-]c(Oc3[c-]c(N(c4ccccc4)c4ccccn4)c4c(c3)oc3ccccc34)cc3c2OC2C=CC=CC32)[CH-]1.[Pt]. The first-order valence-electron chi connectivity index (χ1n) is 15.2. The summed E-state index contributed by atoms with van der Waals surface area (Å²) < 4.78 is 19.6. The monoisotopic (exact) mass is 794 g/mol. The van der Waals surface area contributed by atoms with Gasteiger partial charge in [-0.25, -0.2) is 4.98 Å². The minimum atomic E-state index is -0.0745. The third kappa shape index (κ3) is 5.08. The molecule has 4 heterocycles. The molecule has 2 aromatic heterocycles. The van der Waals surface area contributed by atoms with Gasteiger partial charge in [-0.15, -0.1) is 23.8 Å². The molecule has 0 N–H and O–H groups in total. The summed E-state index contributed by atoms with van der Waals surface area (Å²) in [7, 11) is 1.99. The molecule has 0 radical (unpaired) electrons. The number of furan rings is 1. The average Bonchev–Trinajstić information content (AvgIpc) is 3.80. The molecule has 47 heavy (non-hydrogen) atoms. The van der Waals surface area contributed by atoms with E-state index in [4.69, 9.17) is 18.9 Å². The second-order valence-corrected chi connectivity index (χ2v) is 11.4. The third-order valence-corrected chi connectivity index (χ3v) is 8.43. The summed E-state index contributed by atoms with van der Waals surface area (Å²) in [4.78, 5) is 10.8. The molecule has 0 saturated carbocycles. The molecule has 0 fully saturated rings. The van der Waals surface area contributed by atoms with Gasteiger partial charge in [0.05, 0.1) is 0 Å². The van der Waals surface area contributed by atoms with Crippen LogP contribution in [0, 0.1) is 18.8 Å². The molecule has 0 amide bonds. The summed E-state index contributed by atoms with van der Waals surface area (Å²) >= 11 is 0. The topological polar surface area (TPSA) is 54.2 Å². The first-order chi connectivity index (χ1) is 22.7. The van der Waals surface area contributed by atoms with Crippen molar-refractivity contribution in [3.63, 3.8) is 0 Å². The van der Waals surface area contributed by atoms with Crippen LogP contribution in [-0.4, -0.2) is 23.0 Å². The maximum Gasteiger partial charge on any atom is 0.135 e. The predicted molar refractivity (Wildman–Crippen MR) is 180 cm³/mol. The smallest absolute Gasteiger partial charge is 0.135 e. The van der Waals surface area contributed by atoms with Crippen molar-refractivity contribution in [2.75, 3.05) is 16.8 Å². The van der Waals surface area contributed by atoms with Gasteiger partial charge in [0.25, 0.3) is 0 Å². The molecule has 0 bridgehead atoms. The molecule has 8 heteroatoms. The Morgan fingerprint density at radius 1 is 0.872 bits per heavy atom. The van der Waals surface area contributed by atoms with Crippen LogP contribution in [0.1, 0.15) is 11.5 Å². The number of anilines is 4. The minimum absolute atomic E-state index is 0. The van der Waals surface area contributed by atoms with Crippen molar-refractivity contribution < 1.29 is 35.0 Å². The standard InChI is InChI=1S/C39H27N4O3.Pt/c1-41-19-20-42(25-41)33-23-27(21-31-29-13-5-7-15-34(29)46-39(31)33)44-28-22-32(38-30-14-6-8-16-35(30)45-36(38)24-28)43(26-11-3-2-4-12-26)37-17-9-10-18-40-37;/h2-21,24-25,29,34H,1H3;/q-3;. The number of hydrogen-bond donors (Lipinski definition) is 0. The molecule has 234 valence electrons. The van der Waals surface area contributed by atoms with Gasteiger partial charge in [-0.2, -0.15) is 6.67 Å². The van der Waals surface area contributed by atoms with Gasteiger partial charge in [-0.3, -0.25) is 0 Å². The van der Waals surface area contributed by atoms with Crippen LogP contribution in [0.2, 0.25) is 0 Å². The Kier molecular flexibility index (Phi) is 7.34. The number of pyridine rings is 1. The van der Waals surface area contributed by atoms with E-state index in [2.05, 4.69) is 53.5 Å². The molecule has 0 spiro atoms. The van der Waals surface area contributed by atoms with E-state index in [1.165, 1.54) is 0 Å². The van der Waals surface area contributed by atoms with Crippen molar-refractivity contribution in [2.24, 2.45) is 0 Å². The molecule has 4 aromatic carbocycles. The molecule has 2 unspecified atom stereocenters. The number of ether oxygens (including phenoxy) is 2. The average molecular weight is 795 g/mol. The molecule has 6 aromatic rings. The summed E-state index contributed by atoms with van der Waals surface area (Å²) in [6.45, 7) is 1.99. The Morgan fingerprint density at radius 2 is 1.68 bits per heavy atom. The van der Waals surface area contributed by atoms with Crippen LogP contribution < -0.4 is 19.3 Å². The molecule has 2 atom stereocenters. The Bertz CT molecular complexity index is 2160. The zero-order valence-corrected chi connectivity index (χ0v) is 27.5. The predicted octanol–water partition coefficient (Wildman–Crippen LogP) is 9.15. The Hall–Kier alpha value is -5.26. The van der Waals surface area contributed by atoms with Gasteiger partial charge in [0.2, 0.25) is 0 Å². The molecular weight excluding hydrogens is 768 g/mol. The number of hydrogen-bond acceptors (Lipinski definition) is 7. The number of para-hydroxylation sites is 2. The van der Waals surface area contributed by atoms with Crippen molar-refractivity contribution in [2.45, 2.75) is 12.0 Å². The van der Waals surface area contributed by atoms with E-state index in [9.17, 15) is 0 Å². The van der Waals surface area contributed by atoms with E-state index >= 15 is 0 Å². The summed E-state index contributed by atoms with van der Waals surface area (Å²) in [5.74, 6) is 2.68. The van der Waals surface area contributed by atoms with Crippen LogP contribution in [-0.2, 0) is 21.1 Å².